The maximum atomic E-state index is 12.0. The number of nitrogens with one attached hydrogen (secondary N) is 1. The first-order valence-corrected chi connectivity index (χ1v) is 6.92. The minimum Gasteiger partial charge on any atom is -0.467 e. The zero-order valence-corrected chi connectivity index (χ0v) is 12.0. The molecule has 0 aromatic carbocycles. The molecule has 106 valence electrons. The number of esters is 1. The maximum absolute atomic E-state index is 12.0. The summed E-state index contributed by atoms with van der Waals surface area (Å²) in [5.41, 5.74) is 1.37. The minimum atomic E-state index is -0.882. The second-order valence-corrected chi connectivity index (χ2v) is 5.03. The largest absolute Gasteiger partial charge is 0.467 e. The lowest BCUT2D eigenvalue weighted by Gasteiger charge is -2.14. The number of ether oxygens (including phenoxy) is 1. The Morgan fingerprint density at radius 2 is 2.30 bits per heavy atom. The number of hydrogen-bond donors (Lipinski definition) is 1. The molecule has 0 aliphatic rings. The molecule has 2 heterocycles. The number of thiophene rings is 1. The Labute approximate surface area is 120 Å². The zero-order valence-electron chi connectivity index (χ0n) is 11.2. The Morgan fingerprint density at radius 1 is 1.50 bits per heavy atom. The summed E-state index contributed by atoms with van der Waals surface area (Å²) in [6.45, 7) is 0. The number of carbonyl (C=O) groups is 2. The molecule has 0 spiro atoms. The number of aromatic nitrogens is 2. The van der Waals surface area contributed by atoms with Crippen LogP contribution in [0.2, 0.25) is 0 Å². The standard InChI is InChI=1S/C13H15N3O3S/c1-16-5-3-10(15-16)12(13(18)19-2)14-11(17)7-9-4-6-20-8-9/h3-6,8,12H,7H2,1-2H3,(H,14,17)/t12-/m0/s1. The van der Waals surface area contributed by atoms with Crippen LogP contribution in [0, 0.1) is 0 Å². The highest BCUT2D eigenvalue weighted by Crippen LogP contribution is 2.13. The Balaban J connectivity index is 2.08. The third-order valence-electron chi connectivity index (χ3n) is 2.72. The van der Waals surface area contributed by atoms with Crippen molar-refractivity contribution in [3.8, 4) is 0 Å². The molecule has 0 saturated carbocycles. The van der Waals surface area contributed by atoms with Crippen LogP contribution >= 0.6 is 11.3 Å². The van der Waals surface area contributed by atoms with Crippen molar-refractivity contribution in [1.82, 2.24) is 15.1 Å². The van der Waals surface area contributed by atoms with E-state index in [0.717, 1.165) is 5.56 Å². The molecule has 0 bridgehead atoms. The lowest BCUT2D eigenvalue weighted by molar-refractivity contribution is -0.145. The van der Waals surface area contributed by atoms with Gasteiger partial charge in [-0.05, 0) is 28.5 Å². The predicted molar refractivity (Wildman–Crippen MR) is 74.1 cm³/mol. The van der Waals surface area contributed by atoms with Gasteiger partial charge in [0.25, 0.3) is 0 Å². The Hall–Kier alpha value is -2.15. The molecule has 0 aliphatic heterocycles. The molecule has 1 N–H and O–H groups in total. The number of hydrogen-bond acceptors (Lipinski definition) is 5. The molecule has 1 atom stereocenters. The van der Waals surface area contributed by atoms with Crippen LogP contribution < -0.4 is 5.32 Å². The number of methoxy groups -OCH3 is 1. The van der Waals surface area contributed by atoms with Gasteiger partial charge < -0.3 is 10.1 Å². The van der Waals surface area contributed by atoms with Crippen LogP contribution in [0.3, 0.4) is 0 Å². The van der Waals surface area contributed by atoms with Gasteiger partial charge in [0.05, 0.1) is 19.2 Å². The second-order valence-electron chi connectivity index (χ2n) is 4.25. The zero-order chi connectivity index (χ0) is 14.5. The van der Waals surface area contributed by atoms with E-state index >= 15 is 0 Å². The van der Waals surface area contributed by atoms with Gasteiger partial charge in [0.15, 0.2) is 6.04 Å². The van der Waals surface area contributed by atoms with E-state index in [4.69, 9.17) is 4.74 Å². The summed E-state index contributed by atoms with van der Waals surface area (Å²) in [5.74, 6) is -0.785. The van der Waals surface area contributed by atoms with E-state index in [2.05, 4.69) is 10.4 Å². The molecule has 7 heteroatoms. The summed E-state index contributed by atoms with van der Waals surface area (Å²) < 4.78 is 6.28. The molecule has 0 radical (unpaired) electrons. The highest BCUT2D eigenvalue weighted by atomic mass is 32.1. The van der Waals surface area contributed by atoms with E-state index in [1.807, 2.05) is 16.8 Å². The van der Waals surface area contributed by atoms with Gasteiger partial charge >= 0.3 is 5.97 Å². The van der Waals surface area contributed by atoms with Crippen molar-refractivity contribution >= 4 is 23.2 Å². The molecular weight excluding hydrogens is 278 g/mol. The summed E-state index contributed by atoms with van der Waals surface area (Å²) >= 11 is 1.52. The maximum Gasteiger partial charge on any atom is 0.334 e. The number of carbonyl (C=O) groups excluding carboxylic acids is 2. The molecule has 20 heavy (non-hydrogen) atoms. The quantitative estimate of drug-likeness (QED) is 0.836. The Morgan fingerprint density at radius 3 is 2.85 bits per heavy atom. The van der Waals surface area contributed by atoms with Gasteiger partial charge in [0.2, 0.25) is 5.91 Å². The second kappa shape index (κ2) is 6.33. The molecular formula is C13H15N3O3S. The summed E-state index contributed by atoms with van der Waals surface area (Å²) in [4.78, 5) is 23.7. The van der Waals surface area contributed by atoms with E-state index < -0.39 is 12.0 Å². The molecule has 2 aromatic heterocycles. The molecule has 0 fully saturated rings. The van der Waals surface area contributed by atoms with Crippen LogP contribution in [0.15, 0.2) is 29.1 Å². The molecule has 2 rings (SSSR count). The fourth-order valence-corrected chi connectivity index (χ4v) is 2.42. The average Bonchev–Trinajstić information content (AvgIpc) is 3.06. The molecule has 0 aliphatic carbocycles. The van der Waals surface area contributed by atoms with E-state index in [1.54, 1.807) is 24.0 Å². The Kier molecular flexibility index (Phi) is 4.52. The van der Waals surface area contributed by atoms with Crippen LogP contribution in [-0.4, -0.2) is 28.8 Å². The summed E-state index contributed by atoms with van der Waals surface area (Å²) in [6, 6.07) is 2.66. The average molecular weight is 293 g/mol. The first-order valence-electron chi connectivity index (χ1n) is 5.98. The van der Waals surface area contributed by atoms with E-state index in [-0.39, 0.29) is 12.3 Å². The van der Waals surface area contributed by atoms with Gasteiger partial charge in [-0.2, -0.15) is 16.4 Å². The van der Waals surface area contributed by atoms with Crippen molar-refractivity contribution in [2.45, 2.75) is 12.5 Å². The SMILES string of the molecule is COC(=O)[C@@H](NC(=O)Cc1ccsc1)c1ccn(C)n1. The highest BCUT2D eigenvalue weighted by molar-refractivity contribution is 7.07. The normalized spacial score (nSPS) is 11.9. The van der Waals surface area contributed by atoms with E-state index in [1.165, 1.54) is 18.4 Å². The lowest BCUT2D eigenvalue weighted by atomic mass is 10.2. The van der Waals surface area contributed by atoms with Crippen molar-refractivity contribution < 1.29 is 14.3 Å². The van der Waals surface area contributed by atoms with Gasteiger partial charge in [-0.25, -0.2) is 4.79 Å². The third-order valence-corrected chi connectivity index (χ3v) is 3.45. The van der Waals surface area contributed by atoms with Gasteiger partial charge in [-0.3, -0.25) is 9.48 Å². The van der Waals surface area contributed by atoms with Crippen molar-refractivity contribution in [1.29, 1.82) is 0 Å². The summed E-state index contributed by atoms with van der Waals surface area (Å²) in [7, 11) is 3.02. The van der Waals surface area contributed by atoms with Gasteiger partial charge in [0.1, 0.15) is 0 Å². The smallest absolute Gasteiger partial charge is 0.334 e. The summed E-state index contributed by atoms with van der Waals surface area (Å²) in [6.07, 6.45) is 1.93. The fourth-order valence-electron chi connectivity index (χ4n) is 1.75. The van der Waals surface area contributed by atoms with Gasteiger partial charge in [-0.1, -0.05) is 0 Å². The van der Waals surface area contributed by atoms with Crippen molar-refractivity contribution in [2.24, 2.45) is 7.05 Å². The Bertz CT molecular complexity index is 592. The van der Waals surface area contributed by atoms with Gasteiger partial charge in [-0.15, -0.1) is 0 Å². The van der Waals surface area contributed by atoms with E-state index in [9.17, 15) is 9.59 Å². The number of aryl methyl sites for hydroxylation is 1. The topological polar surface area (TPSA) is 73.2 Å². The number of rotatable bonds is 5. The summed E-state index contributed by atoms with van der Waals surface area (Å²) in [5, 5.41) is 10.6. The first-order chi connectivity index (χ1) is 9.60. The molecule has 2 aromatic rings. The first kappa shape index (κ1) is 14.3. The third kappa shape index (κ3) is 3.45. The van der Waals surface area contributed by atoms with Crippen LogP contribution in [0.4, 0.5) is 0 Å². The fraction of sp³-hybridized carbons (Fsp3) is 0.308. The minimum absolute atomic E-state index is 0.226. The molecule has 6 nitrogen and oxygen atoms in total. The number of nitrogens with zero attached hydrogens (tertiary/aromatic N) is 2. The van der Waals surface area contributed by atoms with Crippen LogP contribution in [0.5, 0.6) is 0 Å². The molecule has 0 unspecified atom stereocenters. The van der Waals surface area contributed by atoms with E-state index in [0.29, 0.717) is 5.69 Å². The molecule has 0 saturated heterocycles. The van der Waals surface area contributed by atoms with Gasteiger partial charge in [0, 0.05) is 13.2 Å². The molecule has 1 amide bonds. The predicted octanol–water partition coefficient (Wildman–Crippen LogP) is 1.05. The lowest BCUT2D eigenvalue weighted by Crippen LogP contribution is -2.35. The van der Waals surface area contributed by atoms with Crippen molar-refractivity contribution in [3.05, 3.63) is 40.3 Å². The van der Waals surface area contributed by atoms with Crippen molar-refractivity contribution in [2.75, 3.05) is 7.11 Å². The van der Waals surface area contributed by atoms with Crippen molar-refractivity contribution in [3.63, 3.8) is 0 Å². The van der Waals surface area contributed by atoms with Crippen LogP contribution in [0.1, 0.15) is 17.3 Å². The van der Waals surface area contributed by atoms with Crippen LogP contribution in [-0.2, 0) is 27.8 Å². The highest BCUT2D eigenvalue weighted by Gasteiger charge is 2.25. The van der Waals surface area contributed by atoms with Crippen LogP contribution in [0.25, 0.3) is 0 Å². The number of amides is 1. The monoisotopic (exact) mass is 293 g/mol.